The van der Waals surface area contributed by atoms with Crippen LogP contribution in [0.25, 0.3) is 0 Å². The first-order valence-corrected chi connectivity index (χ1v) is 10.0. The van der Waals surface area contributed by atoms with Crippen molar-refractivity contribution in [2.75, 3.05) is 39.3 Å². The van der Waals surface area contributed by atoms with Crippen LogP contribution in [0.15, 0.2) is 29.2 Å². The third kappa shape index (κ3) is 5.03. The Morgan fingerprint density at radius 3 is 2.42 bits per heavy atom. The summed E-state index contributed by atoms with van der Waals surface area (Å²) < 4.78 is 24.1. The molecule has 1 amide bonds. The van der Waals surface area contributed by atoms with Gasteiger partial charge in [-0.2, -0.15) is 0 Å². The summed E-state index contributed by atoms with van der Waals surface area (Å²) in [6.45, 7) is 9.06. The molecule has 1 aliphatic rings. The number of benzene rings is 1. The monoisotopic (exact) mass is 353 g/mol. The number of rotatable bonds is 7. The van der Waals surface area contributed by atoms with Gasteiger partial charge in [0.2, 0.25) is 0 Å². The van der Waals surface area contributed by atoms with Crippen molar-refractivity contribution in [3.63, 3.8) is 0 Å². The highest BCUT2D eigenvalue weighted by Crippen LogP contribution is 2.16. The fraction of sp³-hybridized carbons (Fsp3) is 0.588. The van der Waals surface area contributed by atoms with Crippen LogP contribution in [0.4, 0.5) is 0 Å². The first-order valence-electron chi connectivity index (χ1n) is 8.46. The number of amides is 1. The maximum atomic E-state index is 12.1. The first kappa shape index (κ1) is 18.9. The van der Waals surface area contributed by atoms with E-state index in [1.165, 1.54) is 12.1 Å². The lowest BCUT2D eigenvalue weighted by molar-refractivity contribution is 0.0951. The van der Waals surface area contributed by atoms with Crippen molar-refractivity contribution in [3.05, 3.63) is 29.8 Å². The second-order valence-corrected chi connectivity index (χ2v) is 8.82. The summed E-state index contributed by atoms with van der Waals surface area (Å²) in [5, 5.41) is 5.73. The minimum absolute atomic E-state index is 0.163. The Hall–Kier alpha value is -1.44. The van der Waals surface area contributed by atoms with Gasteiger partial charge < -0.3 is 15.5 Å². The van der Waals surface area contributed by atoms with E-state index in [9.17, 15) is 13.2 Å². The van der Waals surface area contributed by atoms with Gasteiger partial charge in [0, 0.05) is 38.3 Å². The van der Waals surface area contributed by atoms with Crippen molar-refractivity contribution < 1.29 is 13.2 Å². The van der Waals surface area contributed by atoms with Crippen LogP contribution in [-0.2, 0) is 9.84 Å². The fourth-order valence-corrected chi connectivity index (χ4v) is 3.67. The highest BCUT2D eigenvalue weighted by atomic mass is 32.2. The van der Waals surface area contributed by atoms with Gasteiger partial charge in [-0.1, -0.05) is 0 Å². The van der Waals surface area contributed by atoms with Gasteiger partial charge in [-0.15, -0.1) is 0 Å². The quantitative estimate of drug-likeness (QED) is 0.712. The standard InChI is InChI=1S/C17H27N3O3S/c1-14(2)24(22,23)16-6-4-15(5-7-16)17(21)19-8-3-11-20-12-9-18-10-13-20/h4-7,14,18H,3,8-13H2,1-2H3,(H,19,21). The molecule has 2 N–H and O–H groups in total. The SMILES string of the molecule is CC(C)S(=O)(=O)c1ccc(C(=O)NCCCN2CCNCC2)cc1. The van der Waals surface area contributed by atoms with Gasteiger partial charge in [-0.3, -0.25) is 4.79 Å². The number of hydrogen-bond donors (Lipinski definition) is 2. The van der Waals surface area contributed by atoms with Crippen LogP contribution in [0.5, 0.6) is 0 Å². The van der Waals surface area contributed by atoms with Crippen molar-refractivity contribution >= 4 is 15.7 Å². The van der Waals surface area contributed by atoms with Crippen molar-refractivity contribution in [3.8, 4) is 0 Å². The second-order valence-electron chi connectivity index (χ2n) is 6.32. The predicted molar refractivity (Wildman–Crippen MR) is 95.0 cm³/mol. The molecule has 134 valence electrons. The van der Waals surface area contributed by atoms with Gasteiger partial charge in [-0.05, 0) is 51.1 Å². The number of carbonyl (C=O) groups excluding carboxylic acids is 1. The molecule has 0 bridgehead atoms. The van der Waals surface area contributed by atoms with Crippen molar-refractivity contribution in [1.82, 2.24) is 15.5 Å². The van der Waals surface area contributed by atoms with E-state index in [2.05, 4.69) is 15.5 Å². The van der Waals surface area contributed by atoms with Crippen LogP contribution in [0.1, 0.15) is 30.6 Å². The molecular formula is C17H27N3O3S. The van der Waals surface area contributed by atoms with E-state index in [1.807, 2.05) is 0 Å². The minimum Gasteiger partial charge on any atom is -0.352 e. The van der Waals surface area contributed by atoms with E-state index in [0.717, 1.165) is 39.1 Å². The number of piperazine rings is 1. The molecule has 0 radical (unpaired) electrons. The molecule has 6 nitrogen and oxygen atoms in total. The number of sulfone groups is 1. The zero-order chi connectivity index (χ0) is 17.6. The molecule has 1 aliphatic heterocycles. The summed E-state index contributed by atoms with van der Waals surface area (Å²) in [4.78, 5) is 14.7. The van der Waals surface area contributed by atoms with Crippen molar-refractivity contribution in [2.24, 2.45) is 0 Å². The van der Waals surface area contributed by atoms with E-state index in [1.54, 1.807) is 26.0 Å². The predicted octanol–water partition coefficient (Wildman–Crippen LogP) is 0.894. The summed E-state index contributed by atoms with van der Waals surface area (Å²) in [6.07, 6.45) is 0.908. The summed E-state index contributed by atoms with van der Waals surface area (Å²) in [5.74, 6) is -0.163. The van der Waals surface area contributed by atoms with Gasteiger partial charge in [0.25, 0.3) is 5.91 Å². The largest absolute Gasteiger partial charge is 0.352 e. The molecule has 0 atom stereocenters. The molecular weight excluding hydrogens is 326 g/mol. The lowest BCUT2D eigenvalue weighted by atomic mass is 10.2. The molecule has 1 heterocycles. The Labute approximate surface area is 144 Å². The highest BCUT2D eigenvalue weighted by Gasteiger charge is 2.19. The lowest BCUT2D eigenvalue weighted by Gasteiger charge is -2.27. The third-order valence-electron chi connectivity index (χ3n) is 4.21. The maximum absolute atomic E-state index is 12.1. The van der Waals surface area contributed by atoms with Crippen LogP contribution in [-0.4, -0.2) is 63.7 Å². The lowest BCUT2D eigenvalue weighted by Crippen LogP contribution is -2.44. The Morgan fingerprint density at radius 2 is 1.83 bits per heavy atom. The second kappa shape index (κ2) is 8.60. The summed E-state index contributed by atoms with van der Waals surface area (Å²) in [6, 6.07) is 6.15. The normalized spacial score (nSPS) is 16.3. The molecule has 0 aliphatic carbocycles. The van der Waals surface area contributed by atoms with Crippen LogP contribution in [0.3, 0.4) is 0 Å². The van der Waals surface area contributed by atoms with E-state index in [4.69, 9.17) is 0 Å². The van der Waals surface area contributed by atoms with Crippen LogP contribution < -0.4 is 10.6 Å². The van der Waals surface area contributed by atoms with E-state index in [0.29, 0.717) is 12.1 Å². The first-order chi connectivity index (χ1) is 11.4. The highest BCUT2D eigenvalue weighted by molar-refractivity contribution is 7.92. The fourth-order valence-electron chi connectivity index (χ4n) is 2.61. The molecule has 2 rings (SSSR count). The van der Waals surface area contributed by atoms with Gasteiger partial charge >= 0.3 is 0 Å². The van der Waals surface area contributed by atoms with Gasteiger partial charge in [0.05, 0.1) is 10.1 Å². The van der Waals surface area contributed by atoms with E-state index >= 15 is 0 Å². The molecule has 24 heavy (non-hydrogen) atoms. The molecule has 1 fully saturated rings. The maximum Gasteiger partial charge on any atom is 0.251 e. The molecule has 1 aromatic carbocycles. The van der Waals surface area contributed by atoms with Gasteiger partial charge in [-0.25, -0.2) is 8.42 Å². The number of carbonyl (C=O) groups is 1. The molecule has 7 heteroatoms. The Bertz CT molecular complexity index is 636. The topological polar surface area (TPSA) is 78.5 Å². The van der Waals surface area contributed by atoms with Gasteiger partial charge in [0.15, 0.2) is 9.84 Å². The van der Waals surface area contributed by atoms with Crippen LogP contribution in [0, 0.1) is 0 Å². The number of nitrogens with zero attached hydrogens (tertiary/aromatic N) is 1. The molecule has 0 aromatic heterocycles. The average molecular weight is 353 g/mol. The Kier molecular flexibility index (Phi) is 6.77. The summed E-state index contributed by atoms with van der Waals surface area (Å²) in [5.41, 5.74) is 0.486. The number of hydrogen-bond acceptors (Lipinski definition) is 5. The Balaban J connectivity index is 1.80. The van der Waals surface area contributed by atoms with Crippen molar-refractivity contribution in [2.45, 2.75) is 30.4 Å². The number of nitrogens with one attached hydrogen (secondary N) is 2. The third-order valence-corrected chi connectivity index (χ3v) is 6.38. The average Bonchev–Trinajstić information content (AvgIpc) is 2.59. The summed E-state index contributed by atoms with van der Waals surface area (Å²) >= 11 is 0. The zero-order valence-electron chi connectivity index (χ0n) is 14.4. The Morgan fingerprint density at radius 1 is 1.21 bits per heavy atom. The molecule has 0 spiro atoms. The zero-order valence-corrected chi connectivity index (χ0v) is 15.2. The molecule has 0 unspecified atom stereocenters. The molecule has 1 saturated heterocycles. The van der Waals surface area contributed by atoms with Crippen LogP contribution in [0.2, 0.25) is 0 Å². The summed E-state index contributed by atoms with van der Waals surface area (Å²) in [7, 11) is -3.30. The van der Waals surface area contributed by atoms with E-state index in [-0.39, 0.29) is 10.8 Å². The minimum atomic E-state index is -3.30. The molecule has 0 saturated carbocycles. The smallest absolute Gasteiger partial charge is 0.251 e. The van der Waals surface area contributed by atoms with Crippen LogP contribution >= 0.6 is 0 Å². The molecule has 1 aromatic rings. The van der Waals surface area contributed by atoms with Gasteiger partial charge in [0.1, 0.15) is 0 Å². The van der Waals surface area contributed by atoms with Crippen molar-refractivity contribution in [1.29, 1.82) is 0 Å². The van der Waals surface area contributed by atoms with E-state index < -0.39 is 15.1 Å².